The second kappa shape index (κ2) is 8.02. The van der Waals surface area contributed by atoms with Gasteiger partial charge in [-0.3, -0.25) is 9.69 Å². The standard InChI is InChI=1S/C19H24ClN3O2/c1-14(2)9-17-12-22(11-15-3-5-16(20)6-4-15)7-8-23(17)19(24)18-10-21-13-25-18/h3-6,10,13-14,17H,7-9,11-12H2,1-2H3. The van der Waals surface area contributed by atoms with Crippen LogP contribution in [0.3, 0.4) is 0 Å². The lowest BCUT2D eigenvalue weighted by Crippen LogP contribution is -2.55. The van der Waals surface area contributed by atoms with Gasteiger partial charge >= 0.3 is 0 Å². The van der Waals surface area contributed by atoms with E-state index in [0.29, 0.717) is 18.2 Å². The third kappa shape index (κ3) is 4.61. The Morgan fingerprint density at radius 2 is 2.08 bits per heavy atom. The number of carbonyl (C=O) groups excluding carboxylic acids is 1. The zero-order chi connectivity index (χ0) is 17.8. The smallest absolute Gasteiger partial charge is 0.291 e. The molecule has 25 heavy (non-hydrogen) atoms. The highest BCUT2D eigenvalue weighted by Gasteiger charge is 2.32. The molecule has 2 heterocycles. The third-order valence-electron chi connectivity index (χ3n) is 4.53. The van der Waals surface area contributed by atoms with E-state index in [1.54, 1.807) is 0 Å². The molecule has 134 valence electrons. The zero-order valence-electron chi connectivity index (χ0n) is 14.7. The van der Waals surface area contributed by atoms with Crippen LogP contribution in [0.25, 0.3) is 0 Å². The van der Waals surface area contributed by atoms with Gasteiger partial charge in [0.2, 0.25) is 5.76 Å². The third-order valence-corrected chi connectivity index (χ3v) is 4.79. The van der Waals surface area contributed by atoms with E-state index in [2.05, 4.69) is 35.9 Å². The van der Waals surface area contributed by atoms with E-state index in [1.165, 1.54) is 18.2 Å². The van der Waals surface area contributed by atoms with Gasteiger partial charge in [0.15, 0.2) is 6.39 Å². The molecule has 0 spiro atoms. The molecule has 5 nitrogen and oxygen atoms in total. The van der Waals surface area contributed by atoms with Crippen LogP contribution in [0.4, 0.5) is 0 Å². The van der Waals surface area contributed by atoms with E-state index in [-0.39, 0.29) is 11.9 Å². The number of oxazole rings is 1. The van der Waals surface area contributed by atoms with Crippen molar-refractivity contribution in [1.29, 1.82) is 0 Å². The van der Waals surface area contributed by atoms with Crippen molar-refractivity contribution in [3.05, 3.63) is 53.2 Å². The lowest BCUT2D eigenvalue weighted by atomic mass is 9.99. The van der Waals surface area contributed by atoms with Gasteiger partial charge in [-0.15, -0.1) is 0 Å². The first-order valence-corrected chi connectivity index (χ1v) is 9.07. The Hall–Kier alpha value is -1.85. The first kappa shape index (κ1) is 18.0. The normalized spacial score (nSPS) is 18.7. The van der Waals surface area contributed by atoms with Gasteiger partial charge in [0.1, 0.15) is 0 Å². The van der Waals surface area contributed by atoms with Crippen LogP contribution in [-0.2, 0) is 6.54 Å². The van der Waals surface area contributed by atoms with E-state index in [0.717, 1.165) is 31.1 Å². The number of halogens is 1. The van der Waals surface area contributed by atoms with E-state index >= 15 is 0 Å². The molecule has 3 rings (SSSR count). The molecule has 1 aromatic heterocycles. The van der Waals surface area contributed by atoms with Crippen LogP contribution in [0.5, 0.6) is 0 Å². The van der Waals surface area contributed by atoms with Gasteiger partial charge in [0.05, 0.1) is 6.20 Å². The first-order valence-electron chi connectivity index (χ1n) is 8.69. The number of hydrogen-bond donors (Lipinski definition) is 0. The van der Waals surface area contributed by atoms with Crippen LogP contribution in [0.2, 0.25) is 5.02 Å². The average Bonchev–Trinajstić information content (AvgIpc) is 3.11. The van der Waals surface area contributed by atoms with Crippen LogP contribution >= 0.6 is 11.6 Å². The predicted molar refractivity (Wildman–Crippen MR) is 97.5 cm³/mol. The summed E-state index contributed by atoms with van der Waals surface area (Å²) in [5.74, 6) is 0.778. The number of rotatable bonds is 5. The van der Waals surface area contributed by atoms with Gasteiger partial charge in [-0.1, -0.05) is 37.6 Å². The van der Waals surface area contributed by atoms with Crippen LogP contribution < -0.4 is 0 Å². The van der Waals surface area contributed by atoms with E-state index in [1.807, 2.05) is 17.0 Å². The van der Waals surface area contributed by atoms with Crippen molar-refractivity contribution in [2.75, 3.05) is 19.6 Å². The zero-order valence-corrected chi connectivity index (χ0v) is 15.4. The summed E-state index contributed by atoms with van der Waals surface area (Å²) >= 11 is 5.97. The summed E-state index contributed by atoms with van der Waals surface area (Å²) in [5.41, 5.74) is 1.24. The van der Waals surface area contributed by atoms with Crippen LogP contribution in [0.15, 0.2) is 41.3 Å². The van der Waals surface area contributed by atoms with Gasteiger partial charge in [-0.2, -0.15) is 0 Å². The second-order valence-electron chi connectivity index (χ2n) is 7.01. The molecule has 0 aliphatic carbocycles. The molecule has 1 unspecified atom stereocenters. The molecular formula is C19H24ClN3O2. The van der Waals surface area contributed by atoms with Crippen molar-refractivity contribution in [3.8, 4) is 0 Å². The number of amides is 1. The summed E-state index contributed by atoms with van der Waals surface area (Å²) in [6, 6.07) is 8.15. The molecule has 1 fully saturated rings. The second-order valence-corrected chi connectivity index (χ2v) is 7.45. The van der Waals surface area contributed by atoms with Gasteiger partial charge in [0.25, 0.3) is 5.91 Å². The fourth-order valence-electron chi connectivity index (χ4n) is 3.39. The summed E-state index contributed by atoms with van der Waals surface area (Å²) in [4.78, 5) is 20.9. The van der Waals surface area contributed by atoms with Crippen molar-refractivity contribution < 1.29 is 9.21 Å². The number of hydrogen-bond acceptors (Lipinski definition) is 4. The van der Waals surface area contributed by atoms with Gasteiger partial charge in [-0.25, -0.2) is 4.98 Å². The Bertz CT molecular complexity index is 685. The molecule has 1 amide bonds. The van der Waals surface area contributed by atoms with Crippen molar-refractivity contribution in [2.24, 2.45) is 5.92 Å². The molecule has 6 heteroatoms. The largest absolute Gasteiger partial charge is 0.438 e. The number of carbonyl (C=O) groups is 1. The Balaban J connectivity index is 1.69. The summed E-state index contributed by atoms with van der Waals surface area (Å²) in [7, 11) is 0. The fourth-order valence-corrected chi connectivity index (χ4v) is 3.51. The average molecular weight is 362 g/mol. The van der Waals surface area contributed by atoms with E-state index < -0.39 is 0 Å². The van der Waals surface area contributed by atoms with Gasteiger partial charge < -0.3 is 9.32 Å². The van der Waals surface area contributed by atoms with Crippen molar-refractivity contribution in [2.45, 2.75) is 32.9 Å². The minimum Gasteiger partial charge on any atom is -0.438 e. The highest BCUT2D eigenvalue weighted by Crippen LogP contribution is 2.21. The molecule has 1 saturated heterocycles. The summed E-state index contributed by atoms with van der Waals surface area (Å²) < 4.78 is 5.21. The molecule has 2 aromatic rings. The highest BCUT2D eigenvalue weighted by molar-refractivity contribution is 6.30. The number of aromatic nitrogens is 1. The van der Waals surface area contributed by atoms with Crippen LogP contribution in [0.1, 0.15) is 36.4 Å². The summed E-state index contributed by atoms with van der Waals surface area (Å²) in [5, 5.41) is 0.754. The lowest BCUT2D eigenvalue weighted by Gasteiger charge is -2.42. The monoisotopic (exact) mass is 361 g/mol. The molecule has 0 bridgehead atoms. The number of benzene rings is 1. The fraction of sp³-hybridized carbons (Fsp3) is 0.474. The van der Waals surface area contributed by atoms with Crippen molar-refractivity contribution in [3.63, 3.8) is 0 Å². The first-order chi connectivity index (χ1) is 12.0. The van der Waals surface area contributed by atoms with Gasteiger partial charge in [0, 0.05) is 37.2 Å². The highest BCUT2D eigenvalue weighted by atomic mass is 35.5. The van der Waals surface area contributed by atoms with Crippen LogP contribution in [-0.4, -0.2) is 46.4 Å². The minimum absolute atomic E-state index is 0.0608. The number of nitrogens with zero attached hydrogens (tertiary/aromatic N) is 3. The van der Waals surface area contributed by atoms with Crippen molar-refractivity contribution >= 4 is 17.5 Å². The van der Waals surface area contributed by atoms with Crippen molar-refractivity contribution in [1.82, 2.24) is 14.8 Å². The molecule has 0 saturated carbocycles. The Labute approximate surface area is 153 Å². The van der Waals surface area contributed by atoms with E-state index in [9.17, 15) is 4.79 Å². The maximum atomic E-state index is 12.7. The molecule has 0 radical (unpaired) electrons. The quantitative estimate of drug-likeness (QED) is 0.814. The van der Waals surface area contributed by atoms with Crippen LogP contribution in [0, 0.1) is 5.92 Å². The molecule has 0 N–H and O–H groups in total. The van der Waals surface area contributed by atoms with Gasteiger partial charge in [-0.05, 0) is 30.0 Å². The molecule has 1 atom stereocenters. The van der Waals surface area contributed by atoms with E-state index in [4.69, 9.17) is 16.0 Å². The summed E-state index contributed by atoms with van der Waals surface area (Å²) in [6.45, 7) is 7.66. The maximum absolute atomic E-state index is 12.7. The predicted octanol–water partition coefficient (Wildman–Crippen LogP) is 3.70. The molecule has 1 aliphatic heterocycles. The lowest BCUT2D eigenvalue weighted by molar-refractivity contribution is 0.0365. The Kier molecular flexibility index (Phi) is 5.76. The Morgan fingerprint density at radius 1 is 1.32 bits per heavy atom. The summed E-state index contributed by atoms with van der Waals surface area (Å²) in [6.07, 6.45) is 3.77. The number of piperazine rings is 1. The Morgan fingerprint density at radius 3 is 2.72 bits per heavy atom. The molecule has 1 aliphatic rings. The minimum atomic E-state index is -0.0608. The molecule has 1 aromatic carbocycles. The topological polar surface area (TPSA) is 49.6 Å². The molecular weight excluding hydrogens is 338 g/mol. The maximum Gasteiger partial charge on any atom is 0.291 e. The SMILES string of the molecule is CC(C)CC1CN(Cc2ccc(Cl)cc2)CCN1C(=O)c1cnco1.